The van der Waals surface area contributed by atoms with E-state index >= 15 is 0 Å². The van der Waals surface area contributed by atoms with Crippen LogP contribution >= 0.6 is 0 Å². The summed E-state index contributed by atoms with van der Waals surface area (Å²) in [7, 11) is 1.95. The number of nitrogens with zero attached hydrogens (tertiary/aromatic N) is 2. The molecule has 3 aromatic rings. The maximum absolute atomic E-state index is 13.7. The fourth-order valence-electron chi connectivity index (χ4n) is 5.57. The van der Waals surface area contributed by atoms with Crippen molar-refractivity contribution in [3.63, 3.8) is 0 Å². The number of pyridine rings is 2. The van der Waals surface area contributed by atoms with Gasteiger partial charge in [-0.25, -0.2) is 4.98 Å². The fraction of sp³-hybridized carbons (Fsp3) is 0.438. The van der Waals surface area contributed by atoms with Crippen molar-refractivity contribution < 1.29 is 4.79 Å². The van der Waals surface area contributed by atoms with E-state index in [1.54, 1.807) is 0 Å². The highest BCUT2D eigenvalue weighted by Gasteiger charge is 2.21. The number of carbonyl (C=O) groups excluding carboxylic acids is 1. The van der Waals surface area contributed by atoms with Crippen LogP contribution in [0.3, 0.4) is 0 Å². The SMILES string of the molecule is CCCN(CCNC)c1cc(-c2cc(NC3CCCC3)c(C=N)c(C(=O)NCc3c(C)cc(C)[nH]c3=O)c2)ccn1. The summed E-state index contributed by atoms with van der Waals surface area (Å²) in [5.41, 5.74) is 5.48. The molecular formula is C32H43N7O2. The predicted molar refractivity (Wildman–Crippen MR) is 168 cm³/mol. The monoisotopic (exact) mass is 557 g/mol. The molecule has 1 saturated carbocycles. The van der Waals surface area contributed by atoms with E-state index in [-0.39, 0.29) is 18.0 Å². The van der Waals surface area contributed by atoms with Crippen LogP contribution in [-0.4, -0.2) is 54.8 Å². The maximum atomic E-state index is 13.7. The number of benzene rings is 1. The van der Waals surface area contributed by atoms with Crippen molar-refractivity contribution in [3.8, 4) is 11.1 Å². The first-order valence-electron chi connectivity index (χ1n) is 14.6. The molecule has 5 N–H and O–H groups in total. The summed E-state index contributed by atoms with van der Waals surface area (Å²) < 4.78 is 0. The van der Waals surface area contributed by atoms with E-state index in [1.165, 1.54) is 19.1 Å². The highest BCUT2D eigenvalue weighted by atomic mass is 16.1. The molecule has 1 amide bonds. The Bertz CT molecular complexity index is 1430. The standard InChI is InChI=1S/C32H43N7O2/c1-5-13-39(14-12-34-4)30-18-23(10-11-35-30)24-16-26(27(19-33)29(17-24)38-25-8-6-7-9-25)31(40)36-20-28-21(2)15-22(3)37-32(28)41/h10-11,15-19,25,33-34,38H,5-9,12-14,20H2,1-4H3,(H,36,40)(H,37,41). The van der Waals surface area contributed by atoms with Crippen LogP contribution in [0.15, 0.2) is 41.3 Å². The molecule has 218 valence electrons. The third kappa shape index (κ3) is 7.41. The first-order chi connectivity index (χ1) is 19.8. The molecule has 1 fully saturated rings. The number of likely N-dealkylation sites (N-methyl/N-ethyl adjacent to an activating group) is 1. The number of hydrogen-bond donors (Lipinski definition) is 5. The zero-order chi connectivity index (χ0) is 29.4. The Balaban J connectivity index is 1.72. The number of aryl methyl sites for hydroxylation is 2. The topological polar surface area (TPSA) is 126 Å². The first kappa shape index (κ1) is 30.0. The lowest BCUT2D eigenvalue weighted by atomic mass is 9.96. The Morgan fingerprint density at radius 2 is 1.93 bits per heavy atom. The zero-order valence-corrected chi connectivity index (χ0v) is 24.7. The van der Waals surface area contributed by atoms with Crippen LogP contribution < -0.4 is 26.4 Å². The van der Waals surface area contributed by atoms with E-state index in [4.69, 9.17) is 5.41 Å². The molecule has 1 aliphatic rings. The average Bonchev–Trinajstić information content (AvgIpc) is 3.47. The Morgan fingerprint density at radius 1 is 1.15 bits per heavy atom. The molecule has 2 aromatic heterocycles. The number of nitrogens with one attached hydrogen (secondary N) is 5. The van der Waals surface area contributed by atoms with Gasteiger partial charge in [0, 0.05) is 67.1 Å². The second-order valence-electron chi connectivity index (χ2n) is 10.9. The number of carbonyl (C=O) groups is 1. The van der Waals surface area contributed by atoms with Gasteiger partial charge in [-0.15, -0.1) is 0 Å². The van der Waals surface area contributed by atoms with Crippen molar-refractivity contribution in [2.75, 3.05) is 36.9 Å². The summed E-state index contributed by atoms with van der Waals surface area (Å²) in [6.07, 6.45) is 8.54. The van der Waals surface area contributed by atoms with Gasteiger partial charge < -0.3 is 31.2 Å². The molecule has 1 aliphatic carbocycles. The van der Waals surface area contributed by atoms with Gasteiger partial charge in [0.15, 0.2) is 0 Å². The lowest BCUT2D eigenvalue weighted by molar-refractivity contribution is 0.0950. The van der Waals surface area contributed by atoms with Crippen LogP contribution in [-0.2, 0) is 6.54 Å². The van der Waals surface area contributed by atoms with E-state index in [1.807, 2.05) is 51.4 Å². The van der Waals surface area contributed by atoms with Crippen molar-refractivity contribution in [2.24, 2.45) is 0 Å². The van der Waals surface area contributed by atoms with Crippen molar-refractivity contribution in [1.29, 1.82) is 5.41 Å². The van der Waals surface area contributed by atoms with Crippen LogP contribution in [0.1, 0.15) is 71.8 Å². The lowest BCUT2D eigenvalue weighted by Crippen LogP contribution is -2.32. The summed E-state index contributed by atoms with van der Waals surface area (Å²) in [5, 5.41) is 18.0. The van der Waals surface area contributed by atoms with Gasteiger partial charge in [0.1, 0.15) is 5.82 Å². The van der Waals surface area contributed by atoms with Crippen LogP contribution in [0.4, 0.5) is 11.5 Å². The van der Waals surface area contributed by atoms with Crippen molar-refractivity contribution in [3.05, 3.63) is 74.8 Å². The van der Waals surface area contributed by atoms with E-state index < -0.39 is 0 Å². The van der Waals surface area contributed by atoms with Crippen LogP contribution in [0, 0.1) is 19.3 Å². The number of anilines is 2. The van der Waals surface area contributed by atoms with Crippen molar-refractivity contribution in [2.45, 2.75) is 65.5 Å². The zero-order valence-electron chi connectivity index (χ0n) is 24.7. The molecule has 4 rings (SSSR count). The largest absolute Gasteiger partial charge is 0.382 e. The molecule has 41 heavy (non-hydrogen) atoms. The minimum absolute atomic E-state index is 0.101. The molecule has 9 nitrogen and oxygen atoms in total. The second-order valence-corrected chi connectivity index (χ2v) is 10.9. The normalized spacial score (nSPS) is 13.3. The molecule has 0 atom stereocenters. The highest BCUT2D eigenvalue weighted by Crippen LogP contribution is 2.32. The van der Waals surface area contributed by atoms with Gasteiger partial charge in [-0.05, 0) is 87.2 Å². The number of H-pyrrole nitrogens is 1. The van der Waals surface area contributed by atoms with Crippen LogP contribution in [0.25, 0.3) is 11.1 Å². The van der Waals surface area contributed by atoms with E-state index in [0.29, 0.717) is 22.7 Å². The van der Waals surface area contributed by atoms with E-state index in [2.05, 4.69) is 43.8 Å². The van der Waals surface area contributed by atoms with Gasteiger partial charge in [0.05, 0.1) is 5.56 Å². The van der Waals surface area contributed by atoms with Crippen molar-refractivity contribution in [1.82, 2.24) is 20.6 Å². The molecular weight excluding hydrogens is 514 g/mol. The van der Waals surface area contributed by atoms with Crippen molar-refractivity contribution >= 4 is 23.6 Å². The van der Waals surface area contributed by atoms with Gasteiger partial charge in [-0.1, -0.05) is 19.8 Å². The quantitative estimate of drug-likeness (QED) is 0.193. The third-order valence-corrected chi connectivity index (χ3v) is 7.73. The number of aromatic nitrogens is 2. The van der Waals surface area contributed by atoms with Gasteiger partial charge in [-0.2, -0.15) is 0 Å². The maximum Gasteiger partial charge on any atom is 0.253 e. The lowest BCUT2D eigenvalue weighted by Gasteiger charge is -2.24. The van der Waals surface area contributed by atoms with Gasteiger partial charge >= 0.3 is 0 Å². The molecule has 0 saturated heterocycles. The summed E-state index contributed by atoms with van der Waals surface area (Å²) in [6.45, 7) is 8.55. The first-order valence-corrected chi connectivity index (χ1v) is 14.6. The Kier molecular flexibility index (Phi) is 10.3. The Labute approximate surface area is 242 Å². The summed E-state index contributed by atoms with van der Waals surface area (Å²) >= 11 is 0. The average molecular weight is 558 g/mol. The summed E-state index contributed by atoms with van der Waals surface area (Å²) in [5.74, 6) is 0.566. The van der Waals surface area contributed by atoms with E-state index in [9.17, 15) is 9.59 Å². The smallest absolute Gasteiger partial charge is 0.253 e. The Hall–Kier alpha value is -3.98. The van der Waals surface area contributed by atoms with Crippen LogP contribution in [0.5, 0.6) is 0 Å². The molecule has 2 heterocycles. The minimum Gasteiger partial charge on any atom is -0.382 e. The Morgan fingerprint density at radius 3 is 2.61 bits per heavy atom. The molecule has 1 aromatic carbocycles. The highest BCUT2D eigenvalue weighted by molar-refractivity contribution is 6.06. The van der Waals surface area contributed by atoms with Gasteiger partial charge in [0.2, 0.25) is 0 Å². The molecule has 0 unspecified atom stereocenters. The number of rotatable bonds is 13. The number of amides is 1. The molecule has 0 aliphatic heterocycles. The molecule has 0 spiro atoms. The van der Waals surface area contributed by atoms with Gasteiger partial charge in [0.25, 0.3) is 11.5 Å². The second kappa shape index (κ2) is 14.1. The minimum atomic E-state index is -0.324. The molecule has 0 bridgehead atoms. The summed E-state index contributed by atoms with van der Waals surface area (Å²) in [6, 6.07) is 10.1. The third-order valence-electron chi connectivity index (χ3n) is 7.73. The molecule has 9 heteroatoms. The fourth-order valence-corrected chi connectivity index (χ4v) is 5.57. The summed E-state index contributed by atoms with van der Waals surface area (Å²) in [4.78, 5) is 35.9. The number of aromatic amines is 1. The van der Waals surface area contributed by atoms with Gasteiger partial charge in [-0.3, -0.25) is 9.59 Å². The molecule has 0 radical (unpaired) electrons. The van der Waals surface area contributed by atoms with E-state index in [0.717, 1.165) is 72.8 Å². The number of hydrogen-bond acceptors (Lipinski definition) is 7. The van der Waals surface area contributed by atoms with Crippen LogP contribution in [0.2, 0.25) is 0 Å². The predicted octanol–water partition coefficient (Wildman–Crippen LogP) is 4.77.